The molecule has 0 saturated heterocycles. The maximum Gasteiger partial charge on any atom is 0.164 e. The lowest BCUT2D eigenvalue weighted by Gasteiger charge is -2.14. The van der Waals surface area contributed by atoms with Crippen LogP contribution in [-0.4, -0.2) is 24.9 Å². The third kappa shape index (κ3) is 5.65. The van der Waals surface area contributed by atoms with Crippen molar-refractivity contribution in [3.05, 3.63) is 163 Å². The van der Waals surface area contributed by atoms with Crippen molar-refractivity contribution >= 4 is 22.5 Å². The predicted octanol–water partition coefficient (Wildman–Crippen LogP) is 10.5. The maximum atomic E-state index is 7.01. The van der Waals surface area contributed by atoms with E-state index >= 15 is 0 Å². The number of benzene rings is 6. The smallest absolute Gasteiger partial charge is 0.164 e. The fraction of sp³-hybridized carbons (Fsp3) is 0. The number of aromatic nitrogens is 5. The van der Waals surface area contributed by atoms with E-state index in [1.165, 1.54) is 0 Å². The van der Waals surface area contributed by atoms with Gasteiger partial charge in [0.05, 0.1) is 11.2 Å². The van der Waals surface area contributed by atoms with E-state index in [1.807, 2.05) is 133 Å². The van der Waals surface area contributed by atoms with Gasteiger partial charge in [0, 0.05) is 43.8 Å². The normalized spacial score (nSPS) is 11.1. The molecule has 222 valence electrons. The number of hydrogen-bond acceptors (Lipinski definition) is 5. The lowest BCUT2D eigenvalue weighted by atomic mass is 9.97. The van der Waals surface area contributed by atoms with Gasteiger partial charge in [0.1, 0.15) is 0 Å². The molecule has 0 aliphatic carbocycles. The van der Waals surface area contributed by atoms with E-state index in [0.29, 0.717) is 28.3 Å². The Hall–Kier alpha value is -6.04. The molecular formula is C41H26ClN5. The van der Waals surface area contributed by atoms with Gasteiger partial charge in [-0.2, -0.15) is 0 Å². The first-order valence-corrected chi connectivity index (χ1v) is 15.7. The van der Waals surface area contributed by atoms with Crippen LogP contribution in [0, 0.1) is 0 Å². The van der Waals surface area contributed by atoms with Crippen molar-refractivity contribution in [3.63, 3.8) is 0 Å². The molecule has 0 aliphatic rings. The van der Waals surface area contributed by atoms with Crippen molar-refractivity contribution in [2.45, 2.75) is 0 Å². The molecule has 0 unspecified atom stereocenters. The summed E-state index contributed by atoms with van der Waals surface area (Å²) in [6.07, 6.45) is 0. The molecule has 47 heavy (non-hydrogen) atoms. The summed E-state index contributed by atoms with van der Waals surface area (Å²) in [5.41, 5.74) is 8.03. The monoisotopic (exact) mass is 623 g/mol. The Morgan fingerprint density at radius 1 is 0.362 bits per heavy atom. The largest absolute Gasteiger partial charge is 0.228 e. The Morgan fingerprint density at radius 2 is 0.872 bits per heavy atom. The van der Waals surface area contributed by atoms with Gasteiger partial charge < -0.3 is 0 Å². The molecule has 2 heterocycles. The van der Waals surface area contributed by atoms with Crippen molar-refractivity contribution in [2.75, 3.05) is 0 Å². The minimum Gasteiger partial charge on any atom is -0.228 e. The third-order valence-electron chi connectivity index (χ3n) is 8.01. The summed E-state index contributed by atoms with van der Waals surface area (Å²) in [6, 6.07) is 52.2. The summed E-state index contributed by atoms with van der Waals surface area (Å²) in [7, 11) is 0. The second kappa shape index (κ2) is 12.4. The Kier molecular flexibility index (Phi) is 7.50. The predicted molar refractivity (Wildman–Crippen MR) is 191 cm³/mol. The minimum atomic E-state index is 0.536. The SMILES string of the molecule is Clc1cccc(-c2nc(-c3ccccc3)nc(-c3ccccc3)n2)c1-c1cccc(-c2nc(-c3ccccc3)c3ccccc3n2)c1. The first-order chi connectivity index (χ1) is 23.2. The van der Waals surface area contributed by atoms with E-state index in [1.54, 1.807) is 0 Å². The lowest BCUT2D eigenvalue weighted by molar-refractivity contribution is 1.07. The zero-order chi connectivity index (χ0) is 31.6. The highest BCUT2D eigenvalue weighted by Gasteiger charge is 2.19. The Labute approximate surface area is 277 Å². The van der Waals surface area contributed by atoms with Crippen LogP contribution in [0.3, 0.4) is 0 Å². The van der Waals surface area contributed by atoms with Crippen LogP contribution in [0.1, 0.15) is 0 Å². The number of hydrogen-bond donors (Lipinski definition) is 0. The average molecular weight is 624 g/mol. The molecule has 0 radical (unpaired) electrons. The van der Waals surface area contributed by atoms with Crippen LogP contribution >= 0.6 is 11.6 Å². The van der Waals surface area contributed by atoms with E-state index in [4.69, 9.17) is 36.5 Å². The van der Waals surface area contributed by atoms with E-state index in [2.05, 4.69) is 24.3 Å². The van der Waals surface area contributed by atoms with Gasteiger partial charge in [-0.05, 0) is 23.8 Å². The van der Waals surface area contributed by atoms with Crippen molar-refractivity contribution in [1.82, 2.24) is 24.9 Å². The van der Waals surface area contributed by atoms with Gasteiger partial charge in [0.2, 0.25) is 0 Å². The van der Waals surface area contributed by atoms with Gasteiger partial charge in [-0.3, -0.25) is 0 Å². The van der Waals surface area contributed by atoms with Crippen molar-refractivity contribution < 1.29 is 0 Å². The van der Waals surface area contributed by atoms with Gasteiger partial charge in [-0.25, -0.2) is 24.9 Å². The molecule has 0 bridgehead atoms. The molecule has 2 aromatic heterocycles. The minimum absolute atomic E-state index is 0.536. The number of rotatable bonds is 6. The van der Waals surface area contributed by atoms with E-state index in [-0.39, 0.29) is 0 Å². The van der Waals surface area contributed by atoms with Gasteiger partial charge in [0.25, 0.3) is 0 Å². The van der Waals surface area contributed by atoms with Gasteiger partial charge in [-0.1, -0.05) is 151 Å². The number of para-hydroxylation sites is 1. The highest BCUT2D eigenvalue weighted by atomic mass is 35.5. The summed E-state index contributed by atoms with van der Waals surface area (Å²) in [5, 5.41) is 1.59. The number of fused-ring (bicyclic) bond motifs is 1. The van der Waals surface area contributed by atoms with Crippen LogP contribution in [0.25, 0.3) is 78.8 Å². The van der Waals surface area contributed by atoms with Crippen LogP contribution in [0.5, 0.6) is 0 Å². The lowest BCUT2D eigenvalue weighted by Crippen LogP contribution is -2.01. The fourth-order valence-corrected chi connectivity index (χ4v) is 6.05. The Morgan fingerprint density at radius 3 is 1.55 bits per heavy atom. The molecule has 0 amide bonds. The van der Waals surface area contributed by atoms with E-state index in [0.717, 1.165) is 55.5 Å². The molecule has 0 atom stereocenters. The zero-order valence-electron chi connectivity index (χ0n) is 25.1. The zero-order valence-corrected chi connectivity index (χ0v) is 25.9. The molecular weight excluding hydrogens is 598 g/mol. The highest BCUT2D eigenvalue weighted by Crippen LogP contribution is 2.39. The topological polar surface area (TPSA) is 64.5 Å². The van der Waals surface area contributed by atoms with Crippen molar-refractivity contribution in [1.29, 1.82) is 0 Å². The first kappa shape index (κ1) is 28.4. The summed E-state index contributed by atoms with van der Waals surface area (Å²) >= 11 is 7.01. The second-order valence-corrected chi connectivity index (χ2v) is 11.5. The molecule has 8 aromatic rings. The van der Waals surface area contributed by atoms with E-state index in [9.17, 15) is 0 Å². The maximum absolute atomic E-state index is 7.01. The molecule has 6 aromatic carbocycles. The summed E-state index contributed by atoms with van der Waals surface area (Å²) in [4.78, 5) is 24.9. The quantitative estimate of drug-likeness (QED) is 0.184. The molecule has 5 nitrogen and oxygen atoms in total. The summed E-state index contributed by atoms with van der Waals surface area (Å²) < 4.78 is 0. The number of nitrogens with zero attached hydrogens (tertiary/aromatic N) is 5. The molecule has 8 rings (SSSR count). The fourth-order valence-electron chi connectivity index (χ4n) is 5.77. The van der Waals surface area contributed by atoms with Crippen molar-refractivity contribution in [3.8, 4) is 67.9 Å². The van der Waals surface area contributed by atoms with E-state index < -0.39 is 0 Å². The second-order valence-electron chi connectivity index (χ2n) is 11.1. The first-order valence-electron chi connectivity index (χ1n) is 15.3. The van der Waals surface area contributed by atoms with Crippen molar-refractivity contribution in [2.24, 2.45) is 0 Å². The van der Waals surface area contributed by atoms with Gasteiger partial charge in [-0.15, -0.1) is 0 Å². The molecule has 0 saturated carbocycles. The number of halogens is 1. The highest BCUT2D eigenvalue weighted by molar-refractivity contribution is 6.34. The summed E-state index contributed by atoms with van der Waals surface area (Å²) in [6.45, 7) is 0. The third-order valence-corrected chi connectivity index (χ3v) is 8.33. The van der Waals surface area contributed by atoms with Crippen LogP contribution in [0.15, 0.2) is 158 Å². The average Bonchev–Trinajstić information content (AvgIpc) is 3.15. The molecule has 0 spiro atoms. The van der Waals surface area contributed by atoms with Crippen LogP contribution in [-0.2, 0) is 0 Å². The van der Waals surface area contributed by atoms with Gasteiger partial charge >= 0.3 is 0 Å². The summed E-state index contributed by atoms with van der Waals surface area (Å²) in [5.74, 6) is 2.35. The standard InChI is InChI=1S/C41H26ClN5/c42-34-24-13-23-33(41-46-38(28-16-6-2-7-17-28)45-39(47-41)29-18-8-3-9-19-29)36(34)30-20-12-21-31(26-30)40-43-35-25-11-10-22-32(35)37(44-40)27-14-4-1-5-15-27/h1-26H. The molecule has 6 heteroatoms. The Bertz CT molecular complexity index is 2300. The molecule has 0 aliphatic heterocycles. The van der Waals surface area contributed by atoms with Crippen LogP contribution in [0.4, 0.5) is 0 Å². The molecule has 0 fully saturated rings. The van der Waals surface area contributed by atoms with Crippen LogP contribution < -0.4 is 0 Å². The molecule has 0 N–H and O–H groups in total. The van der Waals surface area contributed by atoms with Gasteiger partial charge in [0.15, 0.2) is 23.3 Å². The van der Waals surface area contributed by atoms with Crippen LogP contribution in [0.2, 0.25) is 5.02 Å². The Balaban J connectivity index is 1.29.